The van der Waals surface area contributed by atoms with Crippen LogP contribution in [0.1, 0.15) is 59.0 Å². The molecule has 1 aromatic carbocycles. The van der Waals surface area contributed by atoms with Crippen molar-refractivity contribution in [3.63, 3.8) is 0 Å². The molecule has 1 amide bonds. The molecule has 2 unspecified atom stereocenters. The summed E-state index contributed by atoms with van der Waals surface area (Å²) in [4.78, 5) is 41.6. The second-order valence-electron chi connectivity index (χ2n) is 9.41. The number of rotatable bonds is 5. The van der Waals surface area contributed by atoms with Crippen LogP contribution in [0.15, 0.2) is 41.3 Å². The number of carbonyl (C=O) groups is 2. The minimum atomic E-state index is -0.682. The highest BCUT2D eigenvalue weighted by Gasteiger charge is 2.69. The van der Waals surface area contributed by atoms with Gasteiger partial charge in [-0.1, -0.05) is 30.3 Å². The Balaban J connectivity index is 1.44. The minimum Gasteiger partial charge on any atom is -0.483 e. The molecular weight excluding hydrogens is 408 g/mol. The third kappa shape index (κ3) is 2.51. The zero-order chi connectivity index (χ0) is 22.0. The quantitative estimate of drug-likeness (QED) is 0.676. The average Bonchev–Trinajstić information content (AvgIpc) is 2.86. The lowest BCUT2D eigenvalue weighted by molar-refractivity contribution is -0.0438. The van der Waals surface area contributed by atoms with E-state index in [0.717, 1.165) is 18.4 Å². The van der Waals surface area contributed by atoms with Crippen LogP contribution in [0.4, 0.5) is 0 Å². The van der Waals surface area contributed by atoms with Crippen molar-refractivity contribution in [1.29, 1.82) is 0 Å². The standard InChI is InChI=1S/C25H26N2O5/c1-2-31-24(30)16-12-26-13-18-17-8-10-25(17)11-9-19(25)27(18)23(29)20(26)22(21(16)28)32-14-15-6-4-3-5-7-15/h3-7,12,17-19H,2,8-11,13-14H2,1H3/t17-,18?,19+,25?/m0/s1. The molecular formula is C25H26N2O5. The molecule has 7 heteroatoms. The second kappa shape index (κ2) is 6.95. The number of fused-ring (bicyclic) bond motifs is 4. The number of nitrogens with zero attached hydrogens (tertiary/aromatic N) is 2. The average molecular weight is 434 g/mol. The van der Waals surface area contributed by atoms with Crippen molar-refractivity contribution in [1.82, 2.24) is 9.47 Å². The highest BCUT2D eigenvalue weighted by molar-refractivity contribution is 5.98. The predicted molar refractivity (Wildman–Crippen MR) is 116 cm³/mol. The number of benzene rings is 1. The number of pyridine rings is 1. The number of amides is 1. The summed E-state index contributed by atoms with van der Waals surface area (Å²) in [7, 11) is 0. The number of carbonyl (C=O) groups excluding carboxylic acids is 2. The van der Waals surface area contributed by atoms with Crippen molar-refractivity contribution in [3.8, 4) is 5.75 Å². The van der Waals surface area contributed by atoms with Gasteiger partial charge in [-0.2, -0.15) is 0 Å². The van der Waals surface area contributed by atoms with Gasteiger partial charge in [-0.05, 0) is 49.5 Å². The first-order valence-corrected chi connectivity index (χ1v) is 11.5. The van der Waals surface area contributed by atoms with E-state index in [1.807, 2.05) is 35.2 Å². The van der Waals surface area contributed by atoms with Crippen LogP contribution in [0.5, 0.6) is 5.75 Å². The lowest BCUT2D eigenvalue weighted by atomic mass is 9.49. The molecule has 2 aromatic rings. The Morgan fingerprint density at radius 2 is 1.94 bits per heavy atom. The molecule has 4 atom stereocenters. The van der Waals surface area contributed by atoms with Crippen LogP contribution >= 0.6 is 0 Å². The van der Waals surface area contributed by atoms with E-state index in [1.165, 1.54) is 19.0 Å². The molecule has 1 saturated heterocycles. The third-order valence-corrected chi connectivity index (χ3v) is 8.14. The number of hydrogen-bond acceptors (Lipinski definition) is 5. The van der Waals surface area contributed by atoms with E-state index >= 15 is 0 Å². The van der Waals surface area contributed by atoms with Crippen molar-refractivity contribution in [2.45, 2.75) is 57.8 Å². The van der Waals surface area contributed by atoms with Gasteiger partial charge in [0, 0.05) is 18.8 Å². The zero-order valence-electron chi connectivity index (χ0n) is 18.1. The molecule has 0 bridgehead atoms. The molecule has 3 fully saturated rings. The Morgan fingerprint density at radius 1 is 1.16 bits per heavy atom. The molecule has 3 heterocycles. The molecule has 6 rings (SSSR count). The summed E-state index contributed by atoms with van der Waals surface area (Å²) in [5, 5.41) is 0. The summed E-state index contributed by atoms with van der Waals surface area (Å²) in [5.74, 6) is -0.359. The fraction of sp³-hybridized carbons (Fsp3) is 0.480. The first-order valence-electron chi connectivity index (χ1n) is 11.5. The van der Waals surface area contributed by atoms with Crippen molar-refractivity contribution in [2.24, 2.45) is 11.3 Å². The first-order chi connectivity index (χ1) is 15.5. The summed E-state index contributed by atoms with van der Waals surface area (Å²) < 4.78 is 12.9. The van der Waals surface area contributed by atoms with Gasteiger partial charge in [0.2, 0.25) is 5.43 Å². The normalized spacial score (nSPS) is 29.1. The van der Waals surface area contributed by atoms with E-state index < -0.39 is 11.4 Å². The Morgan fingerprint density at radius 3 is 2.59 bits per heavy atom. The predicted octanol–water partition coefficient (Wildman–Crippen LogP) is 3.00. The summed E-state index contributed by atoms with van der Waals surface area (Å²) >= 11 is 0. The summed E-state index contributed by atoms with van der Waals surface area (Å²) in [6.45, 7) is 2.59. The van der Waals surface area contributed by atoms with E-state index in [9.17, 15) is 14.4 Å². The molecule has 0 radical (unpaired) electrons. The summed E-state index contributed by atoms with van der Waals surface area (Å²) in [6, 6.07) is 9.87. The maximum Gasteiger partial charge on any atom is 0.343 e. The molecule has 32 heavy (non-hydrogen) atoms. The fourth-order valence-electron chi connectivity index (χ4n) is 6.52. The van der Waals surface area contributed by atoms with Crippen molar-refractivity contribution in [3.05, 3.63) is 63.6 Å². The Labute approximate surface area is 185 Å². The SMILES string of the molecule is CCOC(=O)c1cn2c(c(OCc3ccccc3)c1=O)C(=O)N1C(C2)[C@@H]2CCC23CC[C@@H]13. The fourth-order valence-corrected chi connectivity index (χ4v) is 6.52. The lowest BCUT2D eigenvalue weighted by Crippen LogP contribution is -2.55. The number of ether oxygens (including phenoxy) is 2. The van der Waals surface area contributed by atoms with Gasteiger partial charge >= 0.3 is 5.97 Å². The summed E-state index contributed by atoms with van der Waals surface area (Å²) in [6.07, 6.45) is 6.04. The van der Waals surface area contributed by atoms with Crippen LogP contribution in [0.2, 0.25) is 0 Å². The molecule has 0 N–H and O–H groups in total. The molecule has 7 nitrogen and oxygen atoms in total. The van der Waals surface area contributed by atoms with E-state index in [1.54, 1.807) is 11.5 Å². The Kier molecular flexibility index (Phi) is 4.26. The monoisotopic (exact) mass is 434 g/mol. The minimum absolute atomic E-state index is 0.0459. The van der Waals surface area contributed by atoms with Crippen LogP contribution < -0.4 is 10.2 Å². The Hall–Kier alpha value is -3.09. The lowest BCUT2D eigenvalue weighted by Gasteiger charge is -2.55. The van der Waals surface area contributed by atoms with Gasteiger partial charge < -0.3 is 18.9 Å². The van der Waals surface area contributed by atoms with Gasteiger partial charge in [0.25, 0.3) is 5.91 Å². The first kappa shape index (κ1) is 19.6. The maximum absolute atomic E-state index is 13.8. The van der Waals surface area contributed by atoms with Gasteiger partial charge in [0.1, 0.15) is 12.2 Å². The highest BCUT2D eigenvalue weighted by Crippen LogP contribution is 2.68. The van der Waals surface area contributed by atoms with E-state index in [-0.39, 0.29) is 53.6 Å². The van der Waals surface area contributed by atoms with E-state index in [4.69, 9.17) is 9.47 Å². The van der Waals surface area contributed by atoms with Gasteiger partial charge in [0.05, 0.1) is 12.6 Å². The third-order valence-electron chi connectivity index (χ3n) is 8.14. The van der Waals surface area contributed by atoms with Gasteiger partial charge in [-0.15, -0.1) is 0 Å². The second-order valence-corrected chi connectivity index (χ2v) is 9.41. The van der Waals surface area contributed by atoms with Crippen LogP contribution in [0, 0.1) is 11.3 Å². The molecule has 2 aliphatic carbocycles. The molecule has 1 spiro atoms. The van der Waals surface area contributed by atoms with Crippen LogP contribution in [0.25, 0.3) is 0 Å². The number of esters is 1. The molecule has 1 aromatic heterocycles. The van der Waals surface area contributed by atoms with Crippen LogP contribution in [-0.2, 0) is 17.9 Å². The van der Waals surface area contributed by atoms with Gasteiger partial charge in [-0.25, -0.2) is 4.79 Å². The van der Waals surface area contributed by atoms with E-state index in [0.29, 0.717) is 12.5 Å². The van der Waals surface area contributed by atoms with E-state index in [2.05, 4.69) is 0 Å². The van der Waals surface area contributed by atoms with Crippen LogP contribution in [-0.4, -0.2) is 40.0 Å². The van der Waals surface area contributed by atoms with Crippen molar-refractivity contribution < 1.29 is 19.1 Å². The molecule has 2 saturated carbocycles. The van der Waals surface area contributed by atoms with Crippen molar-refractivity contribution in [2.75, 3.05) is 6.61 Å². The topological polar surface area (TPSA) is 77.8 Å². The molecule has 2 aliphatic heterocycles. The Bertz CT molecular complexity index is 1170. The van der Waals surface area contributed by atoms with Gasteiger partial charge in [0.15, 0.2) is 11.4 Å². The molecule has 4 aliphatic rings. The number of hydrogen-bond donors (Lipinski definition) is 0. The van der Waals surface area contributed by atoms with Crippen molar-refractivity contribution >= 4 is 11.9 Å². The largest absolute Gasteiger partial charge is 0.483 e. The smallest absolute Gasteiger partial charge is 0.343 e. The zero-order valence-corrected chi connectivity index (χ0v) is 18.1. The summed E-state index contributed by atoms with van der Waals surface area (Å²) in [5.41, 5.74) is 0.759. The maximum atomic E-state index is 13.8. The van der Waals surface area contributed by atoms with Crippen LogP contribution in [0.3, 0.4) is 0 Å². The molecule has 166 valence electrons. The van der Waals surface area contributed by atoms with Gasteiger partial charge in [-0.3, -0.25) is 9.59 Å². The number of aromatic nitrogens is 1. The highest BCUT2D eigenvalue weighted by atomic mass is 16.5.